The second kappa shape index (κ2) is 4.78. The predicted octanol–water partition coefficient (Wildman–Crippen LogP) is 4.12. The van der Waals surface area contributed by atoms with Gasteiger partial charge >= 0.3 is 0 Å². The molecule has 2 heterocycles. The lowest BCUT2D eigenvalue weighted by atomic mass is 10.0. The largest absolute Gasteiger partial charge is 0.324 e. The normalized spacial score (nSPS) is 13.0. The van der Waals surface area contributed by atoms with Gasteiger partial charge in [0, 0.05) is 21.8 Å². The Kier molecular flexibility index (Phi) is 3.61. The van der Waals surface area contributed by atoms with E-state index in [4.69, 9.17) is 5.73 Å². The first-order valence-electron chi connectivity index (χ1n) is 4.68. The number of nitrogens with two attached hydrogens (primary N) is 1. The number of hydrogen-bond acceptors (Lipinski definition) is 3. The molecular formula is C11H12BrNS2. The summed E-state index contributed by atoms with van der Waals surface area (Å²) in [7, 11) is 0. The van der Waals surface area contributed by atoms with E-state index in [1.165, 1.54) is 20.5 Å². The van der Waals surface area contributed by atoms with Crippen molar-refractivity contribution in [2.24, 2.45) is 5.73 Å². The number of rotatable bonds is 3. The molecule has 2 N–H and O–H groups in total. The van der Waals surface area contributed by atoms with Gasteiger partial charge in [-0.15, -0.1) is 11.3 Å². The molecule has 2 rings (SSSR count). The smallest absolute Gasteiger partial charge is 0.0355 e. The molecule has 2 aromatic rings. The lowest BCUT2D eigenvalue weighted by molar-refractivity contribution is 0.727. The fraction of sp³-hybridized carbons (Fsp3) is 0.273. The highest BCUT2D eigenvalue weighted by Gasteiger charge is 2.12. The third-order valence-corrected chi connectivity index (χ3v) is 5.22. The van der Waals surface area contributed by atoms with Crippen molar-refractivity contribution in [3.8, 4) is 0 Å². The summed E-state index contributed by atoms with van der Waals surface area (Å²) in [4.78, 5) is 1.33. The number of thiophene rings is 2. The highest BCUT2D eigenvalue weighted by atomic mass is 79.9. The summed E-state index contributed by atoms with van der Waals surface area (Å²) >= 11 is 7.01. The van der Waals surface area contributed by atoms with E-state index in [1.807, 2.05) is 0 Å². The van der Waals surface area contributed by atoms with Crippen LogP contribution in [-0.2, 0) is 6.42 Å². The lowest BCUT2D eigenvalue weighted by Crippen LogP contribution is -2.13. The Bertz CT molecular complexity index is 447. The van der Waals surface area contributed by atoms with Gasteiger partial charge in [-0.25, -0.2) is 0 Å². The molecular weight excluding hydrogens is 290 g/mol. The summed E-state index contributed by atoms with van der Waals surface area (Å²) in [5.74, 6) is 0. The lowest BCUT2D eigenvalue weighted by Gasteiger charge is -2.10. The van der Waals surface area contributed by atoms with Crippen LogP contribution in [0.5, 0.6) is 0 Å². The maximum Gasteiger partial charge on any atom is 0.0355 e. The summed E-state index contributed by atoms with van der Waals surface area (Å²) in [5, 5.41) is 6.40. The van der Waals surface area contributed by atoms with Crippen LogP contribution < -0.4 is 5.73 Å². The van der Waals surface area contributed by atoms with Gasteiger partial charge in [0.15, 0.2) is 0 Å². The molecule has 0 saturated heterocycles. The molecule has 0 fully saturated rings. The fourth-order valence-corrected chi connectivity index (χ4v) is 4.02. The molecule has 4 heteroatoms. The van der Waals surface area contributed by atoms with E-state index >= 15 is 0 Å². The molecule has 80 valence electrons. The Balaban J connectivity index is 2.14. The third-order valence-electron chi connectivity index (χ3n) is 2.39. The highest BCUT2D eigenvalue weighted by Crippen LogP contribution is 2.29. The van der Waals surface area contributed by atoms with Crippen LogP contribution in [0, 0.1) is 6.92 Å². The Hall–Kier alpha value is -0.160. The van der Waals surface area contributed by atoms with E-state index in [0.717, 1.165) is 6.42 Å². The van der Waals surface area contributed by atoms with Crippen molar-refractivity contribution in [2.75, 3.05) is 0 Å². The minimum Gasteiger partial charge on any atom is -0.324 e. The number of hydrogen-bond donors (Lipinski definition) is 1. The Morgan fingerprint density at radius 1 is 1.47 bits per heavy atom. The zero-order valence-corrected chi connectivity index (χ0v) is 11.6. The van der Waals surface area contributed by atoms with Gasteiger partial charge in [-0.2, -0.15) is 11.3 Å². The maximum absolute atomic E-state index is 6.19. The van der Waals surface area contributed by atoms with Crippen molar-refractivity contribution in [1.82, 2.24) is 0 Å². The van der Waals surface area contributed by atoms with E-state index in [2.05, 4.69) is 45.1 Å². The summed E-state index contributed by atoms with van der Waals surface area (Å²) in [5.41, 5.74) is 8.78. The molecule has 0 aliphatic carbocycles. The van der Waals surface area contributed by atoms with Crippen molar-refractivity contribution >= 4 is 38.6 Å². The van der Waals surface area contributed by atoms with E-state index in [1.54, 1.807) is 22.7 Å². The van der Waals surface area contributed by atoms with Crippen LogP contribution in [0.15, 0.2) is 26.7 Å². The second-order valence-corrected chi connectivity index (χ2v) is 6.11. The standard InChI is InChI=1S/C11H12BrNS2/c1-7-5-14-6-8(7)10(13)4-11-9(12)2-3-15-11/h2-3,5-6,10H,4,13H2,1H3. The molecule has 0 aromatic carbocycles. The number of aryl methyl sites for hydroxylation is 1. The molecule has 0 bridgehead atoms. The average Bonchev–Trinajstić information content (AvgIpc) is 2.76. The second-order valence-electron chi connectivity index (χ2n) is 3.51. The topological polar surface area (TPSA) is 26.0 Å². The maximum atomic E-state index is 6.19. The predicted molar refractivity (Wildman–Crippen MR) is 71.7 cm³/mol. The summed E-state index contributed by atoms with van der Waals surface area (Å²) < 4.78 is 1.18. The minimum absolute atomic E-state index is 0.117. The molecule has 1 nitrogen and oxygen atoms in total. The van der Waals surface area contributed by atoms with Gasteiger partial charge in [0.1, 0.15) is 0 Å². The van der Waals surface area contributed by atoms with E-state index in [-0.39, 0.29) is 6.04 Å². The Morgan fingerprint density at radius 2 is 2.27 bits per heavy atom. The zero-order valence-electron chi connectivity index (χ0n) is 8.37. The minimum atomic E-state index is 0.117. The van der Waals surface area contributed by atoms with Crippen LogP contribution in [0.4, 0.5) is 0 Å². The average molecular weight is 302 g/mol. The SMILES string of the molecule is Cc1cscc1C(N)Cc1sccc1Br. The monoisotopic (exact) mass is 301 g/mol. The molecule has 2 aromatic heterocycles. The van der Waals surface area contributed by atoms with Crippen molar-refractivity contribution in [1.29, 1.82) is 0 Å². The van der Waals surface area contributed by atoms with Crippen molar-refractivity contribution in [2.45, 2.75) is 19.4 Å². The first-order valence-corrected chi connectivity index (χ1v) is 7.30. The van der Waals surface area contributed by atoms with Crippen LogP contribution in [0.25, 0.3) is 0 Å². The summed E-state index contributed by atoms with van der Waals surface area (Å²) in [6.45, 7) is 2.12. The van der Waals surface area contributed by atoms with Gasteiger partial charge in [0.2, 0.25) is 0 Å². The van der Waals surface area contributed by atoms with Gasteiger partial charge in [-0.3, -0.25) is 0 Å². The molecule has 15 heavy (non-hydrogen) atoms. The molecule has 1 atom stereocenters. The van der Waals surface area contributed by atoms with Gasteiger partial charge < -0.3 is 5.73 Å². The van der Waals surface area contributed by atoms with Crippen LogP contribution in [0.3, 0.4) is 0 Å². The Morgan fingerprint density at radius 3 is 2.80 bits per heavy atom. The first-order chi connectivity index (χ1) is 7.18. The van der Waals surface area contributed by atoms with Crippen LogP contribution in [0.2, 0.25) is 0 Å². The first kappa shape index (κ1) is 11.3. The third kappa shape index (κ3) is 2.50. The van der Waals surface area contributed by atoms with Gasteiger partial charge in [0.25, 0.3) is 0 Å². The molecule has 1 unspecified atom stereocenters. The van der Waals surface area contributed by atoms with Crippen LogP contribution in [-0.4, -0.2) is 0 Å². The molecule has 0 amide bonds. The molecule has 0 aliphatic heterocycles. The zero-order chi connectivity index (χ0) is 10.8. The Labute approximate surface area is 106 Å². The quantitative estimate of drug-likeness (QED) is 0.906. The molecule has 0 spiro atoms. The molecule has 0 aliphatic rings. The van der Waals surface area contributed by atoms with Gasteiger partial charge in [-0.05, 0) is 56.2 Å². The fourth-order valence-electron chi connectivity index (χ4n) is 1.53. The van der Waals surface area contributed by atoms with Gasteiger partial charge in [0.05, 0.1) is 0 Å². The van der Waals surface area contributed by atoms with Crippen molar-refractivity contribution in [3.05, 3.63) is 42.7 Å². The van der Waals surface area contributed by atoms with E-state index in [9.17, 15) is 0 Å². The van der Waals surface area contributed by atoms with E-state index in [0.29, 0.717) is 0 Å². The highest BCUT2D eigenvalue weighted by molar-refractivity contribution is 9.10. The van der Waals surface area contributed by atoms with Gasteiger partial charge in [-0.1, -0.05) is 0 Å². The molecule has 0 radical (unpaired) electrons. The summed E-state index contributed by atoms with van der Waals surface area (Å²) in [6, 6.07) is 2.19. The van der Waals surface area contributed by atoms with Crippen molar-refractivity contribution < 1.29 is 0 Å². The molecule has 0 saturated carbocycles. The van der Waals surface area contributed by atoms with Crippen LogP contribution in [0.1, 0.15) is 22.0 Å². The van der Waals surface area contributed by atoms with E-state index < -0.39 is 0 Å². The summed E-state index contributed by atoms with van der Waals surface area (Å²) in [6.07, 6.45) is 0.913. The van der Waals surface area contributed by atoms with Crippen LogP contribution >= 0.6 is 38.6 Å². The van der Waals surface area contributed by atoms with Crippen molar-refractivity contribution in [3.63, 3.8) is 0 Å². The number of halogens is 1.